The molecule has 1 aliphatic rings. The van der Waals surface area contributed by atoms with E-state index in [1.54, 1.807) is 43.4 Å². The van der Waals surface area contributed by atoms with Gasteiger partial charge in [0.2, 0.25) is 5.88 Å². The fourth-order valence-electron chi connectivity index (χ4n) is 2.81. The third-order valence-corrected chi connectivity index (χ3v) is 5.29. The predicted octanol–water partition coefficient (Wildman–Crippen LogP) is 1.08. The van der Waals surface area contributed by atoms with Crippen LogP contribution in [0.15, 0.2) is 58.5 Å². The van der Waals surface area contributed by atoms with Gasteiger partial charge in [0.05, 0.1) is 22.2 Å². The summed E-state index contributed by atoms with van der Waals surface area (Å²) in [5.41, 5.74) is 0.892. The molecule has 0 saturated carbocycles. The van der Waals surface area contributed by atoms with Crippen LogP contribution in [0.2, 0.25) is 0 Å². The van der Waals surface area contributed by atoms with Crippen LogP contribution in [-0.2, 0) is 11.8 Å². The first kappa shape index (κ1) is 16.9. The largest absolute Gasteiger partial charge is 0.493 e. The summed E-state index contributed by atoms with van der Waals surface area (Å²) in [4.78, 5) is 32.7. The van der Waals surface area contributed by atoms with Gasteiger partial charge in [0, 0.05) is 12.3 Å². The van der Waals surface area contributed by atoms with Crippen molar-refractivity contribution in [3.05, 3.63) is 74.3 Å². The molecule has 134 valence electrons. The lowest BCUT2D eigenvalue weighted by Crippen LogP contribution is -2.22. The Kier molecular flexibility index (Phi) is 3.97. The van der Waals surface area contributed by atoms with Crippen molar-refractivity contribution in [3.63, 3.8) is 0 Å². The van der Waals surface area contributed by atoms with Gasteiger partial charge in [-0.2, -0.15) is 0 Å². The first-order chi connectivity index (χ1) is 13.0. The zero-order valence-corrected chi connectivity index (χ0v) is 14.9. The minimum Gasteiger partial charge on any atom is -0.493 e. The van der Waals surface area contributed by atoms with Crippen LogP contribution in [0.1, 0.15) is 15.2 Å². The maximum atomic E-state index is 12.4. The van der Waals surface area contributed by atoms with Gasteiger partial charge in [-0.3, -0.25) is 9.36 Å². The Labute approximate surface area is 156 Å². The standard InChI is InChI=1S/C19H13N3O4S/c1-22-17(24)15(14-12-7-2-3-8-13(12)21-16(14)23)27-19(22)20-11-6-4-5-10(9-11)18(25)26/h2-9,24H,1H3,(H,25,26). The number of nitrogens with zero attached hydrogens (tertiary/aromatic N) is 3. The van der Waals surface area contributed by atoms with Gasteiger partial charge >= 0.3 is 5.97 Å². The van der Waals surface area contributed by atoms with Crippen molar-refractivity contribution in [2.75, 3.05) is 0 Å². The Morgan fingerprint density at radius 3 is 2.74 bits per heavy atom. The van der Waals surface area contributed by atoms with Crippen LogP contribution < -0.4 is 15.4 Å². The van der Waals surface area contributed by atoms with Crippen LogP contribution >= 0.6 is 11.3 Å². The monoisotopic (exact) mass is 379 g/mol. The van der Waals surface area contributed by atoms with Crippen LogP contribution in [0, 0.1) is 0 Å². The number of aromatic nitrogens is 1. The highest BCUT2D eigenvalue weighted by molar-refractivity contribution is 7.11. The van der Waals surface area contributed by atoms with Crippen molar-refractivity contribution in [2.24, 2.45) is 17.0 Å². The van der Waals surface area contributed by atoms with E-state index in [0.717, 1.165) is 11.3 Å². The first-order valence-corrected chi connectivity index (χ1v) is 8.77. The molecule has 0 bridgehead atoms. The third-order valence-electron chi connectivity index (χ3n) is 4.16. The molecular weight excluding hydrogens is 366 g/mol. The second-order valence-corrected chi connectivity index (χ2v) is 6.85. The summed E-state index contributed by atoms with van der Waals surface area (Å²) < 4.78 is 1.45. The molecular formula is C19H13N3O4S. The molecule has 2 aromatic carbocycles. The Morgan fingerprint density at radius 2 is 1.96 bits per heavy atom. The van der Waals surface area contributed by atoms with Gasteiger partial charge in [-0.25, -0.2) is 14.8 Å². The molecule has 3 aromatic rings. The van der Waals surface area contributed by atoms with Gasteiger partial charge in [-0.1, -0.05) is 35.6 Å². The summed E-state index contributed by atoms with van der Waals surface area (Å²) in [5.74, 6) is -1.55. The van der Waals surface area contributed by atoms with Crippen LogP contribution in [0.3, 0.4) is 0 Å². The molecule has 0 aliphatic carbocycles. The van der Waals surface area contributed by atoms with Gasteiger partial charge in [-0.15, -0.1) is 0 Å². The minimum absolute atomic E-state index is 0.0941. The average Bonchev–Trinajstić information content (AvgIpc) is 3.12. The van der Waals surface area contributed by atoms with Gasteiger partial charge < -0.3 is 10.2 Å². The number of fused-ring (bicyclic) bond motifs is 1. The van der Waals surface area contributed by atoms with Crippen molar-refractivity contribution in [3.8, 4) is 5.88 Å². The van der Waals surface area contributed by atoms with Crippen LogP contribution in [0.5, 0.6) is 5.88 Å². The van der Waals surface area contributed by atoms with E-state index in [1.807, 2.05) is 0 Å². The SMILES string of the molecule is Cn1c(O)c(C2=c3ccccc3=NC2=O)sc1=Nc1cccc(C(=O)O)c1. The molecule has 1 amide bonds. The number of carboxylic acids is 1. The number of benzene rings is 2. The van der Waals surface area contributed by atoms with E-state index in [0.29, 0.717) is 31.5 Å². The number of para-hydroxylation sites is 1. The Bertz CT molecular complexity index is 1300. The number of aromatic hydroxyl groups is 1. The van der Waals surface area contributed by atoms with E-state index in [2.05, 4.69) is 9.98 Å². The van der Waals surface area contributed by atoms with Crippen molar-refractivity contribution in [2.45, 2.75) is 0 Å². The van der Waals surface area contributed by atoms with E-state index in [4.69, 9.17) is 5.11 Å². The number of carbonyl (C=O) groups is 2. The Balaban J connectivity index is 1.92. The number of carbonyl (C=O) groups excluding carboxylic acids is 1. The summed E-state index contributed by atoms with van der Waals surface area (Å²) in [6, 6.07) is 13.3. The van der Waals surface area contributed by atoms with Crippen LogP contribution in [-0.4, -0.2) is 26.7 Å². The van der Waals surface area contributed by atoms with Crippen molar-refractivity contribution in [1.29, 1.82) is 0 Å². The maximum absolute atomic E-state index is 12.4. The average molecular weight is 379 g/mol. The highest BCUT2D eigenvalue weighted by Gasteiger charge is 2.24. The number of amides is 1. The van der Waals surface area contributed by atoms with Gasteiger partial charge in [0.25, 0.3) is 5.91 Å². The molecule has 7 nitrogen and oxygen atoms in total. The number of rotatable bonds is 3. The van der Waals surface area contributed by atoms with E-state index >= 15 is 0 Å². The lowest BCUT2D eigenvalue weighted by molar-refractivity contribution is -0.112. The molecule has 0 saturated heterocycles. The topological polar surface area (TPSA) is 104 Å². The second kappa shape index (κ2) is 6.33. The van der Waals surface area contributed by atoms with E-state index in [1.165, 1.54) is 16.7 Å². The Morgan fingerprint density at radius 1 is 1.19 bits per heavy atom. The molecule has 4 rings (SSSR count). The smallest absolute Gasteiger partial charge is 0.335 e. The normalized spacial score (nSPS) is 13.6. The molecule has 2 heterocycles. The highest BCUT2D eigenvalue weighted by atomic mass is 32.1. The quantitative estimate of drug-likeness (QED) is 0.711. The summed E-state index contributed by atoms with van der Waals surface area (Å²) in [7, 11) is 1.62. The first-order valence-electron chi connectivity index (χ1n) is 7.95. The molecule has 27 heavy (non-hydrogen) atoms. The van der Waals surface area contributed by atoms with Crippen LogP contribution in [0.4, 0.5) is 5.69 Å². The van der Waals surface area contributed by atoms with Gasteiger partial charge in [-0.05, 0) is 24.3 Å². The van der Waals surface area contributed by atoms with E-state index in [9.17, 15) is 14.7 Å². The Hall–Kier alpha value is -3.52. The fraction of sp³-hybridized carbons (Fsp3) is 0.0526. The number of hydrogen-bond donors (Lipinski definition) is 2. The minimum atomic E-state index is -1.04. The van der Waals surface area contributed by atoms with Gasteiger partial charge in [0.15, 0.2) is 4.80 Å². The summed E-state index contributed by atoms with van der Waals surface area (Å²) in [5, 5.41) is 20.9. The van der Waals surface area contributed by atoms with E-state index in [-0.39, 0.29) is 11.4 Å². The zero-order valence-electron chi connectivity index (χ0n) is 14.1. The summed E-state index contributed by atoms with van der Waals surface area (Å²) >= 11 is 1.14. The molecule has 1 aromatic heterocycles. The lowest BCUT2D eigenvalue weighted by Gasteiger charge is -1.98. The molecule has 0 unspecified atom stereocenters. The molecule has 0 atom stereocenters. The fourth-order valence-corrected chi connectivity index (χ4v) is 3.89. The molecule has 0 spiro atoms. The number of carboxylic acid groups (broad SMARTS) is 1. The highest BCUT2D eigenvalue weighted by Crippen LogP contribution is 2.28. The number of aromatic carboxylic acids is 1. The summed E-state index contributed by atoms with van der Waals surface area (Å²) in [6.45, 7) is 0. The molecule has 0 radical (unpaired) electrons. The van der Waals surface area contributed by atoms with E-state index < -0.39 is 11.9 Å². The van der Waals surface area contributed by atoms with Crippen molar-refractivity contribution < 1.29 is 19.8 Å². The molecule has 8 heteroatoms. The van der Waals surface area contributed by atoms with Crippen molar-refractivity contribution >= 4 is 34.5 Å². The van der Waals surface area contributed by atoms with Gasteiger partial charge in [0.1, 0.15) is 4.88 Å². The number of hydrogen-bond acceptors (Lipinski definition) is 5. The number of thiazole rings is 1. The molecule has 0 fully saturated rings. The molecule has 2 N–H and O–H groups in total. The van der Waals surface area contributed by atoms with Crippen LogP contribution in [0.25, 0.3) is 5.57 Å². The lowest BCUT2D eigenvalue weighted by atomic mass is 10.1. The third kappa shape index (κ3) is 2.85. The maximum Gasteiger partial charge on any atom is 0.335 e. The second-order valence-electron chi connectivity index (χ2n) is 5.87. The predicted molar refractivity (Wildman–Crippen MR) is 98.3 cm³/mol. The summed E-state index contributed by atoms with van der Waals surface area (Å²) in [6.07, 6.45) is 0. The molecule has 1 aliphatic heterocycles. The zero-order chi connectivity index (χ0) is 19.1. The van der Waals surface area contributed by atoms with Crippen molar-refractivity contribution in [1.82, 2.24) is 4.57 Å².